The summed E-state index contributed by atoms with van der Waals surface area (Å²) < 4.78 is 5.74. The summed E-state index contributed by atoms with van der Waals surface area (Å²) in [5.41, 5.74) is 13.5. The first-order valence-corrected chi connectivity index (χ1v) is 16.0. The summed E-state index contributed by atoms with van der Waals surface area (Å²) in [7, 11) is 0. The molecule has 0 spiro atoms. The van der Waals surface area contributed by atoms with E-state index >= 15 is 0 Å². The number of hydrogen-bond acceptors (Lipinski definition) is 7. The van der Waals surface area contributed by atoms with Crippen molar-refractivity contribution in [3.05, 3.63) is 114 Å². The Morgan fingerprint density at radius 3 is 2.14 bits per heavy atom. The molecule has 0 aliphatic heterocycles. The van der Waals surface area contributed by atoms with Crippen LogP contribution in [0.4, 0.5) is 0 Å². The van der Waals surface area contributed by atoms with Gasteiger partial charge in [-0.3, -0.25) is 24.2 Å². The maximum Gasteiger partial charge on any atom is 0.266 e. The summed E-state index contributed by atoms with van der Waals surface area (Å²) in [6.07, 6.45) is 0.835. The lowest BCUT2D eigenvalue weighted by molar-refractivity contribution is -0.131. The fraction of sp³-hybridized carbons (Fsp3) is 0.243. The molecule has 1 aromatic heterocycles. The standard InChI is InChI=1S/C37H39N7O5/c1-23(45)41-30(21-24-11-3-2-4-12-24)34(47)43-31(22-26-15-9-14-25-13-5-6-16-27(25)26)35(48)42-29(18-10-20-40-37(38)39)33(46)36-44-28-17-7-8-19-32(28)49-36/h2-9,11-17,19,29-31H,10,18,20-22H2,1H3,(H,41,45)(H,42,48)(H,43,47)(H4,38,39,40)/t29-,30+,31-/m0/s1. The van der Waals surface area contributed by atoms with E-state index in [0.29, 0.717) is 17.5 Å². The van der Waals surface area contributed by atoms with Gasteiger partial charge in [-0.05, 0) is 46.9 Å². The Morgan fingerprint density at radius 1 is 0.755 bits per heavy atom. The first-order valence-electron chi connectivity index (χ1n) is 16.0. The fourth-order valence-electron chi connectivity index (χ4n) is 5.65. The average Bonchev–Trinajstić information content (AvgIpc) is 3.53. The molecule has 3 amide bonds. The van der Waals surface area contributed by atoms with Crippen LogP contribution in [0, 0.1) is 0 Å². The molecule has 5 aromatic rings. The van der Waals surface area contributed by atoms with Gasteiger partial charge in [-0.25, -0.2) is 4.98 Å². The summed E-state index contributed by atoms with van der Waals surface area (Å²) in [5, 5.41) is 10.3. The zero-order valence-corrected chi connectivity index (χ0v) is 27.1. The number of Topliss-reactive ketones (excluding diaryl/α,β-unsaturated/α-hetero) is 1. The molecule has 5 rings (SSSR count). The molecule has 0 aliphatic rings. The van der Waals surface area contributed by atoms with Crippen molar-refractivity contribution in [2.75, 3.05) is 6.54 Å². The Balaban J connectivity index is 1.44. The van der Waals surface area contributed by atoms with Gasteiger partial charge >= 0.3 is 0 Å². The average molecular weight is 662 g/mol. The molecular weight excluding hydrogens is 622 g/mol. The van der Waals surface area contributed by atoms with E-state index in [9.17, 15) is 19.2 Å². The summed E-state index contributed by atoms with van der Waals surface area (Å²) >= 11 is 0. The van der Waals surface area contributed by atoms with Gasteiger partial charge < -0.3 is 31.8 Å². The molecule has 0 saturated carbocycles. The molecular formula is C37H39N7O5. The van der Waals surface area contributed by atoms with Crippen molar-refractivity contribution in [2.45, 2.75) is 50.7 Å². The maximum atomic E-state index is 14.2. The first-order chi connectivity index (χ1) is 23.7. The highest BCUT2D eigenvalue weighted by molar-refractivity contribution is 6.01. The van der Waals surface area contributed by atoms with Crippen LogP contribution >= 0.6 is 0 Å². The molecule has 0 fully saturated rings. The number of carbonyl (C=O) groups is 4. The van der Waals surface area contributed by atoms with Crippen molar-refractivity contribution in [3.8, 4) is 0 Å². The van der Waals surface area contributed by atoms with Crippen LogP contribution in [0.15, 0.2) is 106 Å². The highest BCUT2D eigenvalue weighted by atomic mass is 16.4. The van der Waals surface area contributed by atoms with E-state index < -0.39 is 41.6 Å². The van der Waals surface area contributed by atoms with Gasteiger partial charge in [-0.2, -0.15) is 0 Å². The molecule has 0 saturated heterocycles. The highest BCUT2D eigenvalue weighted by Gasteiger charge is 2.32. The molecule has 12 heteroatoms. The number of guanidine groups is 1. The summed E-state index contributed by atoms with van der Waals surface area (Å²) in [5.74, 6) is -2.32. The van der Waals surface area contributed by atoms with Crippen LogP contribution in [0.3, 0.4) is 0 Å². The lowest BCUT2D eigenvalue weighted by Gasteiger charge is -2.25. The summed E-state index contributed by atoms with van der Waals surface area (Å²) in [6, 6.07) is 26.5. The van der Waals surface area contributed by atoms with Crippen LogP contribution in [0.1, 0.15) is 41.6 Å². The molecule has 4 aromatic carbocycles. The number of fused-ring (bicyclic) bond motifs is 2. The van der Waals surface area contributed by atoms with E-state index in [-0.39, 0.29) is 37.7 Å². The van der Waals surface area contributed by atoms with Gasteiger partial charge in [0.15, 0.2) is 11.5 Å². The molecule has 12 nitrogen and oxygen atoms in total. The smallest absolute Gasteiger partial charge is 0.266 e. The molecule has 0 aliphatic carbocycles. The van der Waals surface area contributed by atoms with Crippen molar-refractivity contribution < 1.29 is 23.6 Å². The Bertz CT molecular complexity index is 1930. The normalized spacial score (nSPS) is 12.8. The third-order valence-electron chi connectivity index (χ3n) is 8.00. The minimum absolute atomic E-state index is 0.0899. The molecule has 0 unspecified atom stereocenters. The largest absolute Gasteiger partial charge is 0.434 e. The fourth-order valence-corrected chi connectivity index (χ4v) is 5.65. The second kappa shape index (κ2) is 16.2. The van der Waals surface area contributed by atoms with Gasteiger partial charge in [0.1, 0.15) is 17.6 Å². The number of carbonyl (C=O) groups excluding carboxylic acids is 4. The van der Waals surface area contributed by atoms with Crippen molar-refractivity contribution in [1.29, 1.82) is 0 Å². The topological polar surface area (TPSA) is 195 Å². The number of para-hydroxylation sites is 2. The first kappa shape index (κ1) is 34.3. The van der Waals surface area contributed by atoms with Crippen LogP contribution in [-0.2, 0) is 27.2 Å². The minimum Gasteiger partial charge on any atom is -0.434 e. The number of nitrogens with two attached hydrogens (primary N) is 2. The Hall–Kier alpha value is -6.04. The third kappa shape index (κ3) is 9.28. The summed E-state index contributed by atoms with van der Waals surface area (Å²) in [6.45, 7) is 1.56. The number of rotatable bonds is 15. The van der Waals surface area contributed by atoms with Crippen molar-refractivity contribution in [3.63, 3.8) is 0 Å². The Morgan fingerprint density at radius 2 is 1.41 bits per heavy atom. The van der Waals surface area contributed by atoms with Crippen LogP contribution in [0.5, 0.6) is 0 Å². The number of nitrogens with one attached hydrogen (secondary N) is 3. The zero-order valence-electron chi connectivity index (χ0n) is 27.1. The lowest BCUT2D eigenvalue weighted by atomic mass is 9.97. The van der Waals surface area contributed by atoms with E-state index in [0.717, 1.165) is 21.9 Å². The van der Waals surface area contributed by atoms with E-state index in [1.807, 2.05) is 72.8 Å². The Kier molecular flexibility index (Phi) is 11.3. The highest BCUT2D eigenvalue weighted by Crippen LogP contribution is 2.21. The van der Waals surface area contributed by atoms with Crippen LogP contribution in [-0.4, -0.2) is 59.1 Å². The van der Waals surface area contributed by atoms with Gasteiger partial charge in [0.2, 0.25) is 23.5 Å². The lowest BCUT2D eigenvalue weighted by Crippen LogP contribution is -2.56. The van der Waals surface area contributed by atoms with Gasteiger partial charge in [0.05, 0.1) is 6.04 Å². The van der Waals surface area contributed by atoms with Crippen molar-refractivity contribution in [1.82, 2.24) is 20.9 Å². The molecule has 7 N–H and O–H groups in total. The Labute approximate surface area is 283 Å². The summed E-state index contributed by atoms with van der Waals surface area (Å²) in [4.78, 5) is 62.3. The number of aliphatic imine (C=N–C) groups is 1. The number of hydrogen-bond donors (Lipinski definition) is 5. The van der Waals surface area contributed by atoms with E-state index in [2.05, 4.69) is 25.9 Å². The predicted molar refractivity (Wildman–Crippen MR) is 188 cm³/mol. The molecule has 0 radical (unpaired) electrons. The number of oxazole rings is 1. The van der Waals surface area contributed by atoms with Crippen LogP contribution in [0.25, 0.3) is 21.9 Å². The minimum atomic E-state index is -1.12. The monoisotopic (exact) mass is 661 g/mol. The van der Waals surface area contributed by atoms with Gasteiger partial charge in [0, 0.05) is 26.3 Å². The molecule has 1 heterocycles. The van der Waals surface area contributed by atoms with Gasteiger partial charge in [-0.15, -0.1) is 0 Å². The number of aromatic nitrogens is 1. The van der Waals surface area contributed by atoms with Gasteiger partial charge in [-0.1, -0.05) is 84.9 Å². The van der Waals surface area contributed by atoms with E-state index in [1.165, 1.54) is 6.92 Å². The SMILES string of the molecule is CC(=O)N[C@H](Cc1ccccc1)C(=O)N[C@@H](Cc1cccc2ccccc12)C(=O)N[C@@H](CCCN=C(N)N)C(=O)c1nc2ccccc2o1. The molecule has 252 valence electrons. The van der Waals surface area contributed by atoms with E-state index in [4.69, 9.17) is 15.9 Å². The second-order valence-corrected chi connectivity index (χ2v) is 11.7. The van der Waals surface area contributed by atoms with Crippen LogP contribution < -0.4 is 27.4 Å². The number of amides is 3. The van der Waals surface area contributed by atoms with Crippen molar-refractivity contribution >= 4 is 51.3 Å². The molecule has 49 heavy (non-hydrogen) atoms. The second-order valence-electron chi connectivity index (χ2n) is 11.7. The number of ketones is 1. The number of nitrogens with zero attached hydrogens (tertiary/aromatic N) is 2. The predicted octanol–water partition coefficient (Wildman–Crippen LogP) is 3.18. The maximum absolute atomic E-state index is 14.2. The quantitative estimate of drug-likeness (QED) is 0.0488. The van der Waals surface area contributed by atoms with E-state index in [1.54, 1.807) is 24.3 Å². The van der Waals surface area contributed by atoms with Crippen molar-refractivity contribution in [2.24, 2.45) is 16.5 Å². The van der Waals surface area contributed by atoms with Gasteiger partial charge in [0.25, 0.3) is 5.89 Å². The molecule has 3 atom stereocenters. The zero-order chi connectivity index (χ0) is 34.8. The third-order valence-corrected chi connectivity index (χ3v) is 8.00. The molecule has 0 bridgehead atoms. The van der Waals surface area contributed by atoms with Crippen LogP contribution in [0.2, 0.25) is 0 Å². The number of benzene rings is 4.